The monoisotopic (exact) mass is 356 g/mol. The Balaban J connectivity index is 1.61. The van der Waals surface area contributed by atoms with Crippen LogP contribution in [0.2, 0.25) is 0 Å². The van der Waals surface area contributed by atoms with Crippen molar-refractivity contribution >= 4 is 28.6 Å². The van der Waals surface area contributed by atoms with Crippen molar-refractivity contribution in [2.75, 3.05) is 12.3 Å². The number of nitrogens with one attached hydrogen (secondary N) is 1. The summed E-state index contributed by atoms with van der Waals surface area (Å²) < 4.78 is 5.33. The fraction of sp³-hybridized carbons (Fsp3) is 0.421. The van der Waals surface area contributed by atoms with E-state index in [2.05, 4.69) is 10.3 Å². The van der Waals surface area contributed by atoms with Crippen LogP contribution in [0.3, 0.4) is 0 Å². The van der Waals surface area contributed by atoms with Gasteiger partial charge >= 0.3 is 6.09 Å². The maximum absolute atomic E-state index is 12.4. The van der Waals surface area contributed by atoms with Crippen molar-refractivity contribution in [3.63, 3.8) is 0 Å². The minimum atomic E-state index is -0.583. The third-order valence-electron chi connectivity index (χ3n) is 4.22. The van der Waals surface area contributed by atoms with Crippen LogP contribution in [0.1, 0.15) is 32.9 Å². The molecule has 2 heterocycles. The van der Waals surface area contributed by atoms with Gasteiger partial charge in [0.15, 0.2) is 0 Å². The van der Waals surface area contributed by atoms with Gasteiger partial charge in [-0.05, 0) is 38.6 Å². The summed E-state index contributed by atoms with van der Waals surface area (Å²) in [6, 6.07) is 9.10. The van der Waals surface area contributed by atoms with Gasteiger partial charge in [-0.1, -0.05) is 24.3 Å². The summed E-state index contributed by atoms with van der Waals surface area (Å²) in [5.74, 6) is 0.224. The molecule has 1 saturated heterocycles. The zero-order chi connectivity index (χ0) is 18.9. The first-order chi connectivity index (χ1) is 12.2. The average Bonchev–Trinajstić information content (AvgIpc) is 2.50. The van der Waals surface area contributed by atoms with E-state index in [1.807, 2.05) is 30.3 Å². The summed E-state index contributed by atoms with van der Waals surface area (Å²) in [4.78, 5) is 30.3. The summed E-state index contributed by atoms with van der Waals surface area (Å²) in [6.45, 7) is 6.18. The van der Waals surface area contributed by atoms with Crippen molar-refractivity contribution < 1.29 is 14.3 Å². The van der Waals surface area contributed by atoms with E-state index in [0.29, 0.717) is 24.5 Å². The average molecular weight is 356 g/mol. The first-order valence-electron chi connectivity index (χ1n) is 8.66. The van der Waals surface area contributed by atoms with Gasteiger partial charge in [0.05, 0.1) is 12.2 Å². The Morgan fingerprint density at radius 2 is 2.08 bits per heavy atom. The van der Waals surface area contributed by atoms with Gasteiger partial charge in [-0.2, -0.15) is 0 Å². The van der Waals surface area contributed by atoms with E-state index >= 15 is 0 Å². The lowest BCUT2D eigenvalue weighted by Gasteiger charge is -2.40. The molecule has 0 unspecified atom stereocenters. The maximum Gasteiger partial charge on any atom is 0.410 e. The summed E-state index contributed by atoms with van der Waals surface area (Å²) in [7, 11) is 0. The number of nitrogens with zero attached hydrogens (tertiary/aromatic N) is 2. The molecular formula is C19H24N4O3. The number of likely N-dealkylation sites (tertiary alicyclic amines) is 1. The summed E-state index contributed by atoms with van der Waals surface area (Å²) in [5.41, 5.74) is 6.08. The third kappa shape index (κ3) is 3.87. The highest BCUT2D eigenvalue weighted by Crippen LogP contribution is 2.22. The number of rotatable bonds is 3. The van der Waals surface area contributed by atoms with Crippen LogP contribution in [-0.4, -0.2) is 40.1 Å². The first-order valence-corrected chi connectivity index (χ1v) is 8.66. The quantitative estimate of drug-likeness (QED) is 0.880. The molecule has 0 saturated carbocycles. The van der Waals surface area contributed by atoms with Gasteiger partial charge in [0.2, 0.25) is 5.91 Å². The number of hydrogen-bond acceptors (Lipinski definition) is 5. The number of aromatic nitrogens is 1. The second-order valence-electron chi connectivity index (χ2n) is 7.42. The lowest BCUT2D eigenvalue weighted by Crippen LogP contribution is -2.59. The molecule has 1 aliphatic heterocycles. The third-order valence-corrected chi connectivity index (χ3v) is 4.22. The molecule has 1 aromatic carbocycles. The van der Waals surface area contributed by atoms with Crippen molar-refractivity contribution in [3.05, 3.63) is 36.0 Å². The predicted molar refractivity (Wildman–Crippen MR) is 99.3 cm³/mol. The molecule has 1 aromatic heterocycles. The molecule has 0 radical (unpaired) electrons. The molecule has 7 heteroatoms. The molecule has 1 fully saturated rings. The van der Waals surface area contributed by atoms with Gasteiger partial charge in [0.1, 0.15) is 17.5 Å². The minimum Gasteiger partial charge on any atom is -0.444 e. The van der Waals surface area contributed by atoms with E-state index < -0.39 is 17.7 Å². The lowest BCUT2D eigenvalue weighted by molar-refractivity contribution is -0.130. The molecule has 0 spiro atoms. The Hall–Kier alpha value is -2.83. The number of carbonyl (C=O) groups is 2. The number of carbonyl (C=O) groups excluding carboxylic acids is 2. The highest BCUT2D eigenvalue weighted by molar-refractivity contribution is 5.91. The van der Waals surface area contributed by atoms with Gasteiger partial charge < -0.3 is 15.8 Å². The Labute approximate surface area is 152 Å². The Bertz CT molecular complexity index is 844. The number of nitrogen functional groups attached to an aromatic ring is 1. The topological polar surface area (TPSA) is 97.5 Å². The largest absolute Gasteiger partial charge is 0.444 e. The van der Waals surface area contributed by atoms with Crippen LogP contribution < -0.4 is 11.1 Å². The summed E-state index contributed by atoms with van der Waals surface area (Å²) in [5, 5.41) is 4.70. The Morgan fingerprint density at radius 3 is 2.73 bits per heavy atom. The molecule has 2 aromatic rings. The van der Waals surface area contributed by atoms with Gasteiger partial charge in [-0.3, -0.25) is 9.69 Å². The molecule has 138 valence electrons. The Morgan fingerprint density at radius 1 is 1.35 bits per heavy atom. The highest BCUT2D eigenvalue weighted by atomic mass is 16.6. The number of anilines is 1. The zero-order valence-electron chi connectivity index (χ0n) is 15.3. The maximum atomic E-state index is 12.4. The number of pyridine rings is 1. The van der Waals surface area contributed by atoms with E-state index in [1.54, 1.807) is 20.8 Å². The Kier molecular flexibility index (Phi) is 4.71. The predicted octanol–water partition coefficient (Wildman–Crippen LogP) is 2.44. The van der Waals surface area contributed by atoms with Crippen molar-refractivity contribution in [3.8, 4) is 0 Å². The molecule has 0 aliphatic carbocycles. The molecular weight excluding hydrogens is 332 g/mol. The SMILES string of the molecule is CC(C)(C)OC(=O)N1CC[C@H]1C(=O)NCc1cc2ccccc2c(N)n1. The molecule has 0 bridgehead atoms. The molecule has 7 nitrogen and oxygen atoms in total. The van der Waals surface area contributed by atoms with Crippen molar-refractivity contribution in [2.45, 2.75) is 45.4 Å². The number of amides is 2. The number of ether oxygens (including phenoxy) is 1. The van der Waals surface area contributed by atoms with Gasteiger partial charge in [0, 0.05) is 11.9 Å². The van der Waals surface area contributed by atoms with Crippen LogP contribution in [0.4, 0.5) is 10.6 Å². The van der Waals surface area contributed by atoms with Crippen molar-refractivity contribution in [1.82, 2.24) is 15.2 Å². The van der Waals surface area contributed by atoms with E-state index in [1.165, 1.54) is 4.90 Å². The van der Waals surface area contributed by atoms with E-state index in [0.717, 1.165) is 10.8 Å². The highest BCUT2D eigenvalue weighted by Gasteiger charge is 2.39. The molecule has 1 atom stereocenters. The minimum absolute atomic E-state index is 0.212. The molecule has 2 amide bonds. The van der Waals surface area contributed by atoms with E-state index in [-0.39, 0.29) is 12.5 Å². The lowest BCUT2D eigenvalue weighted by atomic mass is 10.0. The number of fused-ring (bicyclic) bond motifs is 1. The number of benzene rings is 1. The fourth-order valence-electron chi connectivity index (χ4n) is 2.87. The summed E-state index contributed by atoms with van der Waals surface area (Å²) >= 11 is 0. The van der Waals surface area contributed by atoms with Crippen LogP contribution in [0, 0.1) is 0 Å². The molecule has 3 rings (SSSR count). The van der Waals surface area contributed by atoms with Crippen LogP contribution in [0.25, 0.3) is 10.8 Å². The van der Waals surface area contributed by atoms with E-state index in [4.69, 9.17) is 10.5 Å². The zero-order valence-corrected chi connectivity index (χ0v) is 15.3. The molecule has 1 aliphatic rings. The van der Waals surface area contributed by atoms with E-state index in [9.17, 15) is 9.59 Å². The molecule has 3 N–H and O–H groups in total. The first kappa shape index (κ1) is 18.0. The molecule has 26 heavy (non-hydrogen) atoms. The van der Waals surface area contributed by atoms with Crippen LogP contribution >= 0.6 is 0 Å². The second kappa shape index (κ2) is 6.82. The second-order valence-corrected chi connectivity index (χ2v) is 7.42. The van der Waals surface area contributed by atoms with Crippen molar-refractivity contribution in [2.24, 2.45) is 0 Å². The summed E-state index contributed by atoms with van der Waals surface area (Å²) in [6.07, 6.45) is 0.162. The van der Waals surface area contributed by atoms with Crippen molar-refractivity contribution in [1.29, 1.82) is 0 Å². The van der Waals surface area contributed by atoms with Crippen LogP contribution in [-0.2, 0) is 16.1 Å². The smallest absolute Gasteiger partial charge is 0.410 e. The van der Waals surface area contributed by atoms with Crippen LogP contribution in [0.15, 0.2) is 30.3 Å². The standard InChI is InChI=1S/C19H24N4O3/c1-19(2,3)26-18(25)23-9-8-15(23)17(24)21-11-13-10-12-6-4-5-7-14(12)16(20)22-13/h4-7,10,15H,8-9,11H2,1-3H3,(H2,20,22)(H,21,24)/t15-/m0/s1. The number of nitrogens with two attached hydrogens (primary N) is 1. The van der Waals surface area contributed by atoms with Crippen LogP contribution in [0.5, 0.6) is 0 Å². The van der Waals surface area contributed by atoms with Gasteiger partial charge in [-0.15, -0.1) is 0 Å². The normalized spacial score (nSPS) is 16.9. The number of hydrogen-bond donors (Lipinski definition) is 2. The van der Waals surface area contributed by atoms with Gasteiger partial charge in [-0.25, -0.2) is 9.78 Å². The fourth-order valence-corrected chi connectivity index (χ4v) is 2.87. The van der Waals surface area contributed by atoms with Gasteiger partial charge in [0.25, 0.3) is 0 Å².